The first kappa shape index (κ1) is 17.0. The van der Waals surface area contributed by atoms with E-state index in [0.29, 0.717) is 29.6 Å². The lowest BCUT2D eigenvalue weighted by atomic mass is 9.73. The summed E-state index contributed by atoms with van der Waals surface area (Å²) in [6.07, 6.45) is 2.17. The van der Waals surface area contributed by atoms with Crippen LogP contribution in [0.1, 0.15) is 54.4 Å². The molecule has 2 heteroatoms. The molecule has 4 unspecified atom stereocenters. The molecule has 1 rings (SSSR count). The van der Waals surface area contributed by atoms with Gasteiger partial charge in [0.25, 0.3) is 0 Å². The van der Waals surface area contributed by atoms with Gasteiger partial charge < -0.3 is 10.0 Å². The second kappa shape index (κ2) is 7.64. The molecule has 0 aromatic carbocycles. The Balaban J connectivity index is 2.60. The maximum absolute atomic E-state index is 10.4. The van der Waals surface area contributed by atoms with E-state index >= 15 is 0 Å². The summed E-state index contributed by atoms with van der Waals surface area (Å²) in [5, 5.41) is 10.4. The molecule has 1 saturated carbocycles. The van der Waals surface area contributed by atoms with E-state index in [0.717, 1.165) is 26.1 Å². The van der Waals surface area contributed by atoms with Crippen LogP contribution in [-0.2, 0) is 0 Å². The minimum absolute atomic E-state index is 0.0967. The summed E-state index contributed by atoms with van der Waals surface area (Å²) < 4.78 is 0. The van der Waals surface area contributed by atoms with E-state index in [2.05, 4.69) is 46.4 Å². The minimum atomic E-state index is -0.0967. The van der Waals surface area contributed by atoms with Gasteiger partial charge in [-0.25, -0.2) is 0 Å². The number of nitrogens with zero attached hydrogens (tertiary/aromatic N) is 1. The summed E-state index contributed by atoms with van der Waals surface area (Å²) in [7, 11) is 0. The predicted octanol–water partition coefficient (Wildman–Crippen LogP) is 3.64. The van der Waals surface area contributed by atoms with Gasteiger partial charge in [-0.05, 0) is 36.5 Å². The normalized spacial score (nSPS) is 32.5. The molecule has 1 aliphatic rings. The molecule has 1 fully saturated rings. The van der Waals surface area contributed by atoms with Crippen LogP contribution in [0.2, 0.25) is 0 Å². The van der Waals surface area contributed by atoms with Crippen LogP contribution in [-0.4, -0.2) is 35.7 Å². The molecule has 0 aromatic rings. The Morgan fingerprint density at radius 2 is 1.53 bits per heavy atom. The SMILES string of the molecule is CC(C)CN(CC(C)C)CC1C(C)CC(C)CC1O. The fourth-order valence-corrected chi connectivity index (χ4v) is 3.73. The van der Waals surface area contributed by atoms with Crippen molar-refractivity contribution in [1.29, 1.82) is 0 Å². The highest BCUT2D eigenvalue weighted by Crippen LogP contribution is 2.34. The summed E-state index contributed by atoms with van der Waals surface area (Å²) in [5.41, 5.74) is 0. The number of aliphatic hydroxyl groups is 1. The van der Waals surface area contributed by atoms with Gasteiger partial charge in [-0.2, -0.15) is 0 Å². The number of rotatable bonds is 6. The van der Waals surface area contributed by atoms with E-state index in [1.165, 1.54) is 6.42 Å². The van der Waals surface area contributed by atoms with E-state index in [-0.39, 0.29) is 6.10 Å². The highest BCUT2D eigenvalue weighted by molar-refractivity contribution is 4.85. The van der Waals surface area contributed by atoms with Gasteiger partial charge in [0.05, 0.1) is 6.10 Å². The highest BCUT2D eigenvalue weighted by atomic mass is 16.3. The first-order chi connectivity index (χ1) is 8.79. The molecule has 0 bridgehead atoms. The molecule has 0 heterocycles. The Bertz CT molecular complexity index is 230. The Morgan fingerprint density at radius 1 is 1.00 bits per heavy atom. The van der Waals surface area contributed by atoms with Crippen LogP contribution in [0, 0.1) is 29.6 Å². The molecule has 0 amide bonds. The summed E-state index contributed by atoms with van der Waals surface area (Å²) in [4.78, 5) is 2.58. The molecule has 1 N–H and O–H groups in total. The molecule has 0 aromatic heterocycles. The van der Waals surface area contributed by atoms with Crippen molar-refractivity contribution in [3.05, 3.63) is 0 Å². The third kappa shape index (κ3) is 5.83. The van der Waals surface area contributed by atoms with Crippen molar-refractivity contribution >= 4 is 0 Å². The standard InChI is InChI=1S/C17H35NO/c1-12(2)9-18(10-13(3)4)11-16-15(6)7-14(5)8-17(16)19/h12-17,19H,7-11H2,1-6H3. The number of hydrogen-bond acceptors (Lipinski definition) is 2. The van der Waals surface area contributed by atoms with Crippen LogP contribution in [0.25, 0.3) is 0 Å². The molecule has 0 radical (unpaired) electrons. The van der Waals surface area contributed by atoms with Gasteiger partial charge >= 0.3 is 0 Å². The largest absolute Gasteiger partial charge is 0.393 e. The number of aliphatic hydroxyl groups excluding tert-OH is 1. The van der Waals surface area contributed by atoms with Gasteiger partial charge in [0.2, 0.25) is 0 Å². The predicted molar refractivity (Wildman–Crippen MR) is 83.2 cm³/mol. The Hall–Kier alpha value is -0.0800. The Kier molecular flexibility index (Phi) is 6.82. The van der Waals surface area contributed by atoms with Gasteiger partial charge in [-0.1, -0.05) is 41.5 Å². The topological polar surface area (TPSA) is 23.5 Å². The first-order valence-corrected chi connectivity index (χ1v) is 8.20. The van der Waals surface area contributed by atoms with E-state index in [4.69, 9.17) is 0 Å². The molecular formula is C17H35NO. The zero-order valence-electron chi connectivity index (χ0n) is 13.9. The molecule has 114 valence electrons. The zero-order chi connectivity index (χ0) is 14.6. The number of hydrogen-bond donors (Lipinski definition) is 1. The first-order valence-electron chi connectivity index (χ1n) is 8.20. The van der Waals surface area contributed by atoms with Crippen LogP contribution in [0.15, 0.2) is 0 Å². The average molecular weight is 269 g/mol. The molecule has 4 atom stereocenters. The van der Waals surface area contributed by atoms with Crippen LogP contribution in [0.3, 0.4) is 0 Å². The van der Waals surface area contributed by atoms with E-state index in [9.17, 15) is 5.11 Å². The quantitative estimate of drug-likeness (QED) is 0.796. The average Bonchev–Trinajstić information content (AvgIpc) is 2.21. The Morgan fingerprint density at radius 3 is 1.95 bits per heavy atom. The lowest BCUT2D eigenvalue weighted by molar-refractivity contribution is -0.00530. The van der Waals surface area contributed by atoms with Crippen molar-refractivity contribution in [2.75, 3.05) is 19.6 Å². The van der Waals surface area contributed by atoms with Gasteiger partial charge in [-0.15, -0.1) is 0 Å². The molecule has 19 heavy (non-hydrogen) atoms. The van der Waals surface area contributed by atoms with Crippen LogP contribution in [0.4, 0.5) is 0 Å². The second-order valence-electron chi connectivity index (χ2n) is 7.79. The summed E-state index contributed by atoms with van der Waals surface area (Å²) in [6, 6.07) is 0. The lowest BCUT2D eigenvalue weighted by Crippen LogP contribution is -2.44. The second-order valence-corrected chi connectivity index (χ2v) is 7.79. The maximum Gasteiger partial charge on any atom is 0.0585 e. The smallest absolute Gasteiger partial charge is 0.0585 e. The van der Waals surface area contributed by atoms with Crippen molar-refractivity contribution in [3.8, 4) is 0 Å². The highest BCUT2D eigenvalue weighted by Gasteiger charge is 2.33. The Labute approximate surface area is 120 Å². The molecule has 1 aliphatic carbocycles. The summed E-state index contributed by atoms with van der Waals surface area (Å²) in [6.45, 7) is 17.1. The van der Waals surface area contributed by atoms with Crippen molar-refractivity contribution in [2.24, 2.45) is 29.6 Å². The molecule has 2 nitrogen and oxygen atoms in total. The third-order valence-electron chi connectivity index (χ3n) is 4.36. The van der Waals surface area contributed by atoms with Gasteiger partial charge in [0.15, 0.2) is 0 Å². The fraction of sp³-hybridized carbons (Fsp3) is 1.00. The van der Waals surface area contributed by atoms with Crippen molar-refractivity contribution in [3.63, 3.8) is 0 Å². The van der Waals surface area contributed by atoms with Crippen LogP contribution < -0.4 is 0 Å². The molecular weight excluding hydrogens is 234 g/mol. The lowest BCUT2D eigenvalue weighted by Gasteiger charge is -2.40. The molecule has 0 aliphatic heterocycles. The monoisotopic (exact) mass is 269 g/mol. The molecule has 0 saturated heterocycles. The summed E-state index contributed by atoms with van der Waals surface area (Å²) >= 11 is 0. The van der Waals surface area contributed by atoms with Crippen LogP contribution in [0.5, 0.6) is 0 Å². The minimum Gasteiger partial charge on any atom is -0.393 e. The van der Waals surface area contributed by atoms with Gasteiger partial charge in [0.1, 0.15) is 0 Å². The third-order valence-corrected chi connectivity index (χ3v) is 4.36. The van der Waals surface area contributed by atoms with Crippen molar-refractivity contribution in [2.45, 2.75) is 60.5 Å². The van der Waals surface area contributed by atoms with Crippen LogP contribution >= 0.6 is 0 Å². The molecule has 0 spiro atoms. The van der Waals surface area contributed by atoms with E-state index in [1.807, 2.05) is 0 Å². The summed E-state index contributed by atoms with van der Waals surface area (Å²) in [5.74, 6) is 3.21. The maximum atomic E-state index is 10.4. The van der Waals surface area contributed by atoms with Gasteiger partial charge in [0, 0.05) is 25.6 Å². The van der Waals surface area contributed by atoms with E-state index < -0.39 is 0 Å². The van der Waals surface area contributed by atoms with Gasteiger partial charge in [-0.3, -0.25) is 0 Å². The fourth-order valence-electron chi connectivity index (χ4n) is 3.73. The van der Waals surface area contributed by atoms with E-state index in [1.54, 1.807) is 0 Å². The zero-order valence-corrected chi connectivity index (χ0v) is 13.9. The van der Waals surface area contributed by atoms with Crippen molar-refractivity contribution < 1.29 is 5.11 Å². The van der Waals surface area contributed by atoms with Crippen molar-refractivity contribution in [1.82, 2.24) is 4.90 Å².